The normalized spacial score (nSPS) is 14.1. The van der Waals surface area contributed by atoms with Gasteiger partial charge >= 0.3 is 5.97 Å². The summed E-state index contributed by atoms with van der Waals surface area (Å²) in [7, 11) is 1.35. The first kappa shape index (κ1) is 17.7. The minimum atomic E-state index is -0.396. The highest BCUT2D eigenvalue weighted by molar-refractivity contribution is 5.90. The number of amides is 1. The number of ether oxygens (including phenoxy) is 1. The van der Waals surface area contributed by atoms with Crippen molar-refractivity contribution >= 4 is 29.8 Å². The van der Waals surface area contributed by atoms with Crippen LogP contribution in [0.25, 0.3) is 0 Å². The summed E-state index contributed by atoms with van der Waals surface area (Å²) in [5.74, 6) is 0.877. The standard InChI is InChI=1S/C18H21N5O3/c1-13-10-16(23-8-6-22(12-24)7-9-23)21-18(19-13)20-15-5-3-4-14(11-15)17(25)26-2/h3-5,10-12H,6-9H2,1-2H3,(H,19,20,21). The van der Waals surface area contributed by atoms with Crippen LogP contribution >= 0.6 is 0 Å². The number of nitrogens with one attached hydrogen (secondary N) is 1. The third-order valence-electron chi connectivity index (χ3n) is 4.17. The van der Waals surface area contributed by atoms with Gasteiger partial charge in [0.2, 0.25) is 12.4 Å². The fraction of sp³-hybridized carbons (Fsp3) is 0.333. The molecule has 2 heterocycles. The van der Waals surface area contributed by atoms with E-state index in [1.54, 1.807) is 23.1 Å². The van der Waals surface area contributed by atoms with E-state index < -0.39 is 5.97 Å². The predicted molar refractivity (Wildman–Crippen MR) is 97.7 cm³/mol. The number of aromatic nitrogens is 2. The molecule has 2 aromatic rings. The number of hydrogen-bond donors (Lipinski definition) is 1. The monoisotopic (exact) mass is 355 g/mol. The van der Waals surface area contributed by atoms with Crippen LogP contribution in [0.4, 0.5) is 17.5 Å². The second-order valence-corrected chi connectivity index (χ2v) is 6.02. The summed E-state index contributed by atoms with van der Waals surface area (Å²) in [5, 5.41) is 3.14. The predicted octanol–water partition coefficient (Wildman–Crippen LogP) is 1.59. The van der Waals surface area contributed by atoms with Crippen LogP contribution in [0, 0.1) is 6.92 Å². The Morgan fingerprint density at radius 1 is 1.19 bits per heavy atom. The Balaban J connectivity index is 1.78. The van der Waals surface area contributed by atoms with Gasteiger partial charge in [-0.1, -0.05) is 6.07 Å². The van der Waals surface area contributed by atoms with E-state index in [0.29, 0.717) is 30.3 Å². The van der Waals surface area contributed by atoms with Crippen molar-refractivity contribution in [3.05, 3.63) is 41.6 Å². The van der Waals surface area contributed by atoms with Gasteiger partial charge in [0.15, 0.2) is 0 Å². The Kier molecular flexibility index (Phi) is 5.31. The molecule has 1 saturated heterocycles. The summed E-state index contributed by atoms with van der Waals surface area (Å²) >= 11 is 0. The van der Waals surface area contributed by atoms with Crippen molar-refractivity contribution in [1.29, 1.82) is 0 Å². The van der Waals surface area contributed by atoms with Gasteiger partial charge in [-0.15, -0.1) is 0 Å². The number of aryl methyl sites for hydroxylation is 1. The molecule has 0 saturated carbocycles. The van der Waals surface area contributed by atoms with Crippen LogP contribution in [0.1, 0.15) is 16.1 Å². The van der Waals surface area contributed by atoms with Crippen molar-refractivity contribution in [2.45, 2.75) is 6.92 Å². The molecule has 1 aromatic heterocycles. The van der Waals surface area contributed by atoms with Crippen LogP contribution in [-0.4, -0.2) is 60.5 Å². The number of piperazine rings is 1. The Bertz CT molecular complexity index is 803. The zero-order valence-electron chi connectivity index (χ0n) is 14.8. The molecule has 136 valence electrons. The van der Waals surface area contributed by atoms with Gasteiger partial charge in [0.1, 0.15) is 5.82 Å². The lowest BCUT2D eigenvalue weighted by Crippen LogP contribution is -2.46. The molecule has 1 aromatic carbocycles. The van der Waals surface area contributed by atoms with E-state index in [9.17, 15) is 9.59 Å². The molecule has 0 bridgehead atoms. The van der Waals surface area contributed by atoms with E-state index in [-0.39, 0.29) is 0 Å². The van der Waals surface area contributed by atoms with Crippen LogP contribution in [0.15, 0.2) is 30.3 Å². The molecule has 0 radical (unpaired) electrons. The first-order chi connectivity index (χ1) is 12.6. The largest absolute Gasteiger partial charge is 0.465 e. The van der Waals surface area contributed by atoms with Crippen molar-refractivity contribution in [2.75, 3.05) is 43.5 Å². The fourth-order valence-corrected chi connectivity index (χ4v) is 2.80. The van der Waals surface area contributed by atoms with Crippen LogP contribution < -0.4 is 10.2 Å². The van der Waals surface area contributed by atoms with Crippen molar-refractivity contribution in [2.24, 2.45) is 0 Å². The minimum Gasteiger partial charge on any atom is -0.465 e. The number of benzene rings is 1. The van der Waals surface area contributed by atoms with Crippen LogP contribution in [0.2, 0.25) is 0 Å². The molecule has 8 nitrogen and oxygen atoms in total. The number of nitrogens with zero attached hydrogens (tertiary/aromatic N) is 4. The topological polar surface area (TPSA) is 87.7 Å². The van der Waals surface area contributed by atoms with E-state index in [1.807, 2.05) is 19.1 Å². The summed E-state index contributed by atoms with van der Waals surface area (Å²) < 4.78 is 4.74. The van der Waals surface area contributed by atoms with E-state index in [4.69, 9.17) is 4.74 Å². The number of anilines is 3. The Hall–Kier alpha value is -3.16. The number of carbonyl (C=O) groups is 2. The SMILES string of the molecule is COC(=O)c1cccc(Nc2nc(C)cc(N3CCN(C=O)CC3)n2)c1. The number of carbonyl (C=O) groups excluding carboxylic acids is 2. The van der Waals surface area contributed by atoms with E-state index in [0.717, 1.165) is 31.0 Å². The van der Waals surface area contributed by atoms with Gasteiger partial charge in [0.05, 0.1) is 12.7 Å². The van der Waals surface area contributed by atoms with Crippen LogP contribution in [-0.2, 0) is 9.53 Å². The van der Waals surface area contributed by atoms with Gasteiger partial charge in [0.25, 0.3) is 0 Å². The molecular weight excluding hydrogens is 334 g/mol. The zero-order valence-corrected chi connectivity index (χ0v) is 14.8. The maximum absolute atomic E-state index is 11.7. The molecule has 0 spiro atoms. The third-order valence-corrected chi connectivity index (χ3v) is 4.17. The number of hydrogen-bond acceptors (Lipinski definition) is 7. The lowest BCUT2D eigenvalue weighted by Gasteiger charge is -2.33. The highest BCUT2D eigenvalue weighted by atomic mass is 16.5. The summed E-state index contributed by atoms with van der Waals surface area (Å²) in [6.07, 6.45) is 0.879. The quantitative estimate of drug-likeness (QED) is 0.644. The molecule has 0 aliphatic carbocycles. The highest BCUT2D eigenvalue weighted by Gasteiger charge is 2.18. The summed E-state index contributed by atoms with van der Waals surface area (Å²) in [4.78, 5) is 35.4. The molecule has 0 unspecified atom stereocenters. The fourth-order valence-electron chi connectivity index (χ4n) is 2.80. The minimum absolute atomic E-state index is 0.396. The van der Waals surface area contributed by atoms with Crippen molar-refractivity contribution in [3.8, 4) is 0 Å². The summed E-state index contributed by atoms with van der Waals surface area (Å²) in [6, 6.07) is 8.91. The lowest BCUT2D eigenvalue weighted by molar-refractivity contribution is -0.118. The Morgan fingerprint density at radius 2 is 1.96 bits per heavy atom. The highest BCUT2D eigenvalue weighted by Crippen LogP contribution is 2.20. The maximum atomic E-state index is 11.7. The average molecular weight is 355 g/mol. The van der Waals surface area contributed by atoms with Gasteiger partial charge in [-0.2, -0.15) is 4.98 Å². The van der Waals surface area contributed by atoms with E-state index >= 15 is 0 Å². The van der Waals surface area contributed by atoms with E-state index in [2.05, 4.69) is 20.2 Å². The molecule has 1 amide bonds. The number of methoxy groups -OCH3 is 1. The summed E-state index contributed by atoms with van der Waals surface area (Å²) in [6.45, 7) is 4.72. The second kappa shape index (κ2) is 7.81. The zero-order chi connectivity index (χ0) is 18.5. The summed E-state index contributed by atoms with van der Waals surface area (Å²) in [5.41, 5.74) is 1.99. The molecule has 1 N–H and O–H groups in total. The van der Waals surface area contributed by atoms with Crippen molar-refractivity contribution < 1.29 is 14.3 Å². The van der Waals surface area contributed by atoms with Gasteiger partial charge in [0, 0.05) is 43.6 Å². The molecular formula is C18H21N5O3. The first-order valence-electron chi connectivity index (χ1n) is 8.34. The van der Waals surface area contributed by atoms with Gasteiger partial charge in [-0.25, -0.2) is 9.78 Å². The molecule has 26 heavy (non-hydrogen) atoms. The second-order valence-electron chi connectivity index (χ2n) is 6.02. The molecule has 1 aliphatic rings. The molecule has 0 atom stereocenters. The molecule has 8 heteroatoms. The number of esters is 1. The number of rotatable bonds is 5. The molecule has 1 fully saturated rings. The van der Waals surface area contributed by atoms with Crippen LogP contribution in [0.3, 0.4) is 0 Å². The maximum Gasteiger partial charge on any atom is 0.337 e. The smallest absolute Gasteiger partial charge is 0.337 e. The van der Waals surface area contributed by atoms with Crippen molar-refractivity contribution in [1.82, 2.24) is 14.9 Å². The van der Waals surface area contributed by atoms with Gasteiger partial charge in [-0.05, 0) is 25.1 Å². The lowest BCUT2D eigenvalue weighted by atomic mass is 10.2. The third kappa shape index (κ3) is 4.08. The van der Waals surface area contributed by atoms with Gasteiger partial charge < -0.3 is 19.9 Å². The average Bonchev–Trinajstić information content (AvgIpc) is 2.67. The van der Waals surface area contributed by atoms with Crippen LogP contribution in [0.5, 0.6) is 0 Å². The van der Waals surface area contributed by atoms with Crippen molar-refractivity contribution in [3.63, 3.8) is 0 Å². The van der Waals surface area contributed by atoms with Gasteiger partial charge in [-0.3, -0.25) is 4.79 Å². The Morgan fingerprint density at radius 3 is 2.65 bits per heavy atom. The molecule has 3 rings (SSSR count). The van der Waals surface area contributed by atoms with E-state index in [1.165, 1.54) is 7.11 Å². The first-order valence-corrected chi connectivity index (χ1v) is 8.34. The molecule has 1 aliphatic heterocycles. The Labute approximate surface area is 151 Å².